The highest BCUT2D eigenvalue weighted by Crippen LogP contribution is 2.36. The summed E-state index contributed by atoms with van der Waals surface area (Å²) < 4.78 is 21.4. The van der Waals surface area contributed by atoms with Gasteiger partial charge in [-0.25, -0.2) is 9.07 Å². The highest BCUT2D eigenvalue weighted by molar-refractivity contribution is 6.04. The Bertz CT molecular complexity index is 1190. The molecule has 0 saturated carbocycles. The second-order valence-corrected chi connectivity index (χ2v) is 6.69. The first-order valence-electron chi connectivity index (χ1n) is 9.49. The first kappa shape index (κ1) is 19.5. The first-order valence-corrected chi connectivity index (χ1v) is 9.49. The molecule has 0 unspecified atom stereocenters. The molecule has 0 spiro atoms. The maximum Gasteiger partial charge on any atom is 0.242 e. The van der Waals surface area contributed by atoms with E-state index in [1.54, 1.807) is 53.5 Å². The number of carbonyl (C=O) groups excluding carboxylic acids is 1. The SMILES string of the molecule is CC[C@H](N)C(=O)Nc1nn(-c2cccc(F)c2)c2cccc(Oc3cccnc3)c12. The van der Waals surface area contributed by atoms with Gasteiger partial charge in [0.2, 0.25) is 5.91 Å². The summed E-state index contributed by atoms with van der Waals surface area (Å²) in [6, 6.07) is 14.3. The molecule has 0 aliphatic heterocycles. The van der Waals surface area contributed by atoms with Gasteiger partial charge in [0.05, 0.1) is 28.8 Å². The van der Waals surface area contributed by atoms with Gasteiger partial charge in [-0.3, -0.25) is 9.78 Å². The molecule has 3 N–H and O–H groups in total. The fourth-order valence-electron chi connectivity index (χ4n) is 3.04. The van der Waals surface area contributed by atoms with E-state index in [1.165, 1.54) is 12.1 Å². The van der Waals surface area contributed by atoms with Gasteiger partial charge in [-0.1, -0.05) is 19.1 Å². The molecular weight excluding hydrogens is 385 g/mol. The van der Waals surface area contributed by atoms with Crippen molar-refractivity contribution in [2.45, 2.75) is 19.4 Å². The maximum atomic E-state index is 13.8. The second-order valence-electron chi connectivity index (χ2n) is 6.69. The third kappa shape index (κ3) is 3.85. The highest BCUT2D eigenvalue weighted by Gasteiger charge is 2.21. The number of benzene rings is 2. The molecule has 2 heterocycles. The van der Waals surface area contributed by atoms with Gasteiger partial charge in [0.25, 0.3) is 0 Å². The lowest BCUT2D eigenvalue weighted by atomic mass is 10.2. The molecule has 2 aromatic heterocycles. The van der Waals surface area contributed by atoms with E-state index in [-0.39, 0.29) is 11.7 Å². The zero-order valence-electron chi connectivity index (χ0n) is 16.2. The normalized spacial score (nSPS) is 12.0. The Labute approximate surface area is 172 Å². The minimum absolute atomic E-state index is 0.280. The van der Waals surface area contributed by atoms with Gasteiger partial charge in [0.15, 0.2) is 5.82 Å². The number of fused-ring (bicyclic) bond motifs is 1. The van der Waals surface area contributed by atoms with Crippen LogP contribution in [0.3, 0.4) is 0 Å². The molecule has 4 aromatic rings. The van der Waals surface area contributed by atoms with Crippen molar-refractivity contribution in [3.05, 3.63) is 72.8 Å². The number of anilines is 1. The summed E-state index contributed by atoms with van der Waals surface area (Å²) in [5.74, 6) is 0.536. The Kier molecular flexibility index (Phi) is 5.40. The lowest BCUT2D eigenvalue weighted by molar-refractivity contribution is -0.117. The molecule has 0 saturated heterocycles. The minimum atomic E-state index is -0.675. The largest absolute Gasteiger partial charge is 0.455 e. The lowest BCUT2D eigenvalue weighted by Crippen LogP contribution is -2.35. The molecule has 0 bridgehead atoms. The van der Waals surface area contributed by atoms with E-state index in [0.717, 1.165) is 0 Å². The Balaban J connectivity index is 1.87. The van der Waals surface area contributed by atoms with Gasteiger partial charge in [-0.2, -0.15) is 0 Å². The number of amides is 1. The Morgan fingerprint density at radius 1 is 1.23 bits per heavy atom. The number of halogens is 1. The standard InChI is InChI=1S/C22H20FN5O2/c1-2-17(24)22(29)26-21-20-18(28(27-21)15-7-3-6-14(23)12-15)9-4-10-19(20)30-16-8-5-11-25-13-16/h3-13,17H,2,24H2,1H3,(H,26,27,29)/t17-/m0/s1. The smallest absolute Gasteiger partial charge is 0.242 e. The van der Waals surface area contributed by atoms with Crippen molar-refractivity contribution < 1.29 is 13.9 Å². The predicted octanol–water partition coefficient (Wildman–Crippen LogP) is 4.03. The number of hydrogen-bond acceptors (Lipinski definition) is 5. The summed E-state index contributed by atoms with van der Waals surface area (Å²) in [6.07, 6.45) is 3.71. The molecule has 30 heavy (non-hydrogen) atoms. The van der Waals surface area contributed by atoms with Gasteiger partial charge >= 0.3 is 0 Å². The molecule has 2 aromatic carbocycles. The Morgan fingerprint density at radius 2 is 2.07 bits per heavy atom. The van der Waals surface area contributed by atoms with E-state index in [1.807, 2.05) is 13.0 Å². The second kappa shape index (κ2) is 8.30. The van der Waals surface area contributed by atoms with Crippen LogP contribution in [-0.2, 0) is 4.79 Å². The number of nitrogens with zero attached hydrogens (tertiary/aromatic N) is 3. The summed E-state index contributed by atoms with van der Waals surface area (Å²) in [5.41, 5.74) is 7.03. The Morgan fingerprint density at radius 3 is 2.80 bits per heavy atom. The summed E-state index contributed by atoms with van der Waals surface area (Å²) in [5, 5.41) is 7.88. The number of carbonyl (C=O) groups is 1. The zero-order valence-corrected chi connectivity index (χ0v) is 16.2. The summed E-state index contributed by atoms with van der Waals surface area (Å²) in [7, 11) is 0. The number of rotatable bonds is 6. The van der Waals surface area contributed by atoms with Crippen LogP contribution in [0.4, 0.5) is 10.2 Å². The third-order valence-electron chi connectivity index (χ3n) is 4.60. The lowest BCUT2D eigenvalue weighted by Gasteiger charge is -2.10. The number of hydrogen-bond donors (Lipinski definition) is 2. The van der Waals surface area contributed by atoms with E-state index in [0.29, 0.717) is 34.5 Å². The average Bonchev–Trinajstić information content (AvgIpc) is 3.13. The Hall–Kier alpha value is -3.78. The molecular formula is C22H20FN5O2. The van der Waals surface area contributed by atoms with Crippen molar-refractivity contribution in [2.24, 2.45) is 5.73 Å². The van der Waals surface area contributed by atoms with Crippen molar-refractivity contribution >= 4 is 22.6 Å². The van der Waals surface area contributed by atoms with E-state index >= 15 is 0 Å². The third-order valence-corrected chi connectivity index (χ3v) is 4.60. The molecule has 152 valence electrons. The average molecular weight is 405 g/mol. The van der Waals surface area contributed by atoms with E-state index < -0.39 is 11.9 Å². The van der Waals surface area contributed by atoms with Crippen LogP contribution >= 0.6 is 0 Å². The van der Waals surface area contributed by atoms with E-state index in [4.69, 9.17) is 10.5 Å². The van der Waals surface area contributed by atoms with Gasteiger partial charge in [-0.15, -0.1) is 5.10 Å². The van der Waals surface area contributed by atoms with Crippen molar-refractivity contribution in [3.8, 4) is 17.2 Å². The van der Waals surface area contributed by atoms with Crippen LogP contribution in [0, 0.1) is 5.82 Å². The number of aromatic nitrogens is 3. The van der Waals surface area contributed by atoms with Crippen LogP contribution in [-0.4, -0.2) is 26.7 Å². The molecule has 1 amide bonds. The number of nitrogens with two attached hydrogens (primary N) is 1. The van der Waals surface area contributed by atoms with Crippen LogP contribution in [0.25, 0.3) is 16.6 Å². The monoisotopic (exact) mass is 405 g/mol. The molecule has 0 aliphatic carbocycles. The molecule has 4 rings (SSSR count). The molecule has 8 heteroatoms. The molecule has 1 atom stereocenters. The highest BCUT2D eigenvalue weighted by atomic mass is 19.1. The van der Waals surface area contributed by atoms with Gasteiger partial charge in [0, 0.05) is 6.20 Å². The summed E-state index contributed by atoms with van der Waals surface area (Å²) >= 11 is 0. The van der Waals surface area contributed by atoms with Gasteiger partial charge in [-0.05, 0) is 48.9 Å². The predicted molar refractivity (Wildman–Crippen MR) is 112 cm³/mol. The number of pyridine rings is 1. The minimum Gasteiger partial charge on any atom is -0.455 e. The van der Waals surface area contributed by atoms with Crippen molar-refractivity contribution in [3.63, 3.8) is 0 Å². The molecule has 0 radical (unpaired) electrons. The van der Waals surface area contributed by atoms with Crippen molar-refractivity contribution in [2.75, 3.05) is 5.32 Å². The fourth-order valence-corrected chi connectivity index (χ4v) is 3.04. The summed E-state index contributed by atoms with van der Waals surface area (Å²) in [4.78, 5) is 16.5. The van der Waals surface area contributed by atoms with Crippen LogP contribution in [0.15, 0.2) is 67.0 Å². The number of nitrogens with one attached hydrogen (secondary N) is 1. The van der Waals surface area contributed by atoms with Gasteiger partial charge in [0.1, 0.15) is 17.3 Å². The maximum absolute atomic E-state index is 13.8. The quantitative estimate of drug-likeness (QED) is 0.505. The van der Waals surface area contributed by atoms with E-state index in [2.05, 4.69) is 15.4 Å². The zero-order chi connectivity index (χ0) is 21.1. The first-order chi connectivity index (χ1) is 14.6. The topological polar surface area (TPSA) is 95.1 Å². The van der Waals surface area contributed by atoms with E-state index in [9.17, 15) is 9.18 Å². The number of ether oxygens (including phenoxy) is 1. The molecule has 0 fully saturated rings. The molecule has 0 aliphatic rings. The van der Waals surface area contributed by atoms with Crippen LogP contribution in [0.1, 0.15) is 13.3 Å². The summed E-state index contributed by atoms with van der Waals surface area (Å²) in [6.45, 7) is 1.82. The van der Waals surface area contributed by atoms with Crippen LogP contribution in [0.2, 0.25) is 0 Å². The fraction of sp³-hybridized carbons (Fsp3) is 0.136. The van der Waals surface area contributed by atoms with Crippen molar-refractivity contribution in [1.29, 1.82) is 0 Å². The van der Waals surface area contributed by atoms with Crippen molar-refractivity contribution in [1.82, 2.24) is 14.8 Å². The van der Waals surface area contributed by atoms with Crippen LogP contribution in [0.5, 0.6) is 11.5 Å². The van der Waals surface area contributed by atoms with Gasteiger partial charge < -0.3 is 15.8 Å². The molecule has 7 nitrogen and oxygen atoms in total. The van der Waals surface area contributed by atoms with Crippen LogP contribution < -0.4 is 15.8 Å².